The van der Waals surface area contributed by atoms with Crippen LogP contribution in [-0.2, 0) is 11.3 Å². The third kappa shape index (κ3) is 4.22. The summed E-state index contributed by atoms with van der Waals surface area (Å²) in [6.07, 6.45) is 4.74. The molecule has 3 atom stereocenters. The molecule has 1 saturated heterocycles. The quantitative estimate of drug-likeness (QED) is 0.812. The molecule has 1 saturated carbocycles. The number of ether oxygens (including phenoxy) is 1. The fourth-order valence-corrected chi connectivity index (χ4v) is 4.36. The van der Waals surface area contributed by atoms with Gasteiger partial charge in [-0.05, 0) is 50.9 Å². The van der Waals surface area contributed by atoms with Crippen LogP contribution in [0.5, 0.6) is 5.88 Å². The minimum atomic E-state index is -0.417. The minimum Gasteiger partial charge on any atom is -0.493 e. The standard InChI is InChI=1S/C20H28N4O3/c1-12-7-13(2)9-15(8-12)22-23-18-14(3)17(10-21)19(25)24(20(18)26)11-16-5-4-6-27-16/h12-13,15-16,25H,4-9,11H2,1-3H3. The molecule has 1 aliphatic heterocycles. The Balaban J connectivity index is 1.95. The second kappa shape index (κ2) is 8.22. The Morgan fingerprint density at radius 3 is 2.59 bits per heavy atom. The molecule has 0 amide bonds. The van der Waals surface area contributed by atoms with Crippen LogP contribution in [0.15, 0.2) is 15.0 Å². The van der Waals surface area contributed by atoms with Gasteiger partial charge in [0.15, 0.2) is 5.69 Å². The SMILES string of the molecule is Cc1c(C#N)c(O)n(CC2CCCO2)c(=O)c1N=NC1CC(C)CC(C)C1. The van der Waals surface area contributed by atoms with E-state index in [1.54, 1.807) is 6.92 Å². The number of aromatic nitrogens is 1. The first-order chi connectivity index (χ1) is 12.9. The van der Waals surface area contributed by atoms with Crippen LogP contribution < -0.4 is 5.56 Å². The zero-order valence-corrected chi connectivity index (χ0v) is 16.3. The van der Waals surface area contributed by atoms with E-state index in [9.17, 15) is 15.2 Å². The summed E-state index contributed by atoms with van der Waals surface area (Å²) in [5.74, 6) is 0.864. The molecule has 0 bridgehead atoms. The number of hydrogen-bond acceptors (Lipinski definition) is 6. The smallest absolute Gasteiger partial charge is 0.281 e. The number of hydrogen-bond donors (Lipinski definition) is 1. The largest absolute Gasteiger partial charge is 0.493 e. The van der Waals surface area contributed by atoms with Gasteiger partial charge in [0.1, 0.15) is 11.6 Å². The Hall–Kier alpha value is -2.20. The van der Waals surface area contributed by atoms with E-state index in [0.717, 1.165) is 25.7 Å². The van der Waals surface area contributed by atoms with Crippen LogP contribution in [0.25, 0.3) is 0 Å². The number of nitrogens with zero attached hydrogens (tertiary/aromatic N) is 4. The van der Waals surface area contributed by atoms with Crippen molar-refractivity contribution in [2.45, 2.75) is 71.6 Å². The van der Waals surface area contributed by atoms with Gasteiger partial charge in [-0.25, -0.2) is 0 Å². The highest BCUT2D eigenvalue weighted by Crippen LogP contribution is 2.32. The molecular formula is C20H28N4O3. The summed E-state index contributed by atoms with van der Waals surface area (Å²) in [4.78, 5) is 13.0. The molecule has 1 aromatic rings. The van der Waals surface area contributed by atoms with E-state index >= 15 is 0 Å². The molecular weight excluding hydrogens is 344 g/mol. The second-order valence-corrected chi connectivity index (χ2v) is 8.12. The van der Waals surface area contributed by atoms with Crippen molar-refractivity contribution in [3.63, 3.8) is 0 Å². The van der Waals surface area contributed by atoms with Crippen molar-refractivity contribution in [1.82, 2.24) is 4.57 Å². The lowest BCUT2D eigenvalue weighted by Crippen LogP contribution is -2.27. The highest BCUT2D eigenvalue weighted by molar-refractivity contribution is 5.56. The lowest BCUT2D eigenvalue weighted by molar-refractivity contribution is 0.0939. The Labute approximate surface area is 159 Å². The number of nitriles is 1. The lowest BCUT2D eigenvalue weighted by Gasteiger charge is -2.28. The summed E-state index contributed by atoms with van der Waals surface area (Å²) in [6.45, 7) is 6.94. The first-order valence-corrected chi connectivity index (χ1v) is 9.79. The molecule has 3 unspecified atom stereocenters. The average molecular weight is 372 g/mol. The minimum absolute atomic E-state index is 0.0759. The van der Waals surface area contributed by atoms with Gasteiger partial charge in [0, 0.05) is 12.2 Å². The Bertz CT molecular complexity index is 808. The van der Waals surface area contributed by atoms with Crippen molar-refractivity contribution in [1.29, 1.82) is 5.26 Å². The molecule has 7 nitrogen and oxygen atoms in total. The van der Waals surface area contributed by atoms with Crippen LogP contribution in [0.3, 0.4) is 0 Å². The summed E-state index contributed by atoms with van der Waals surface area (Å²) in [5.41, 5.74) is 0.185. The van der Waals surface area contributed by atoms with Gasteiger partial charge in [-0.2, -0.15) is 10.4 Å². The van der Waals surface area contributed by atoms with E-state index in [1.165, 1.54) is 11.0 Å². The van der Waals surface area contributed by atoms with Crippen LogP contribution in [-0.4, -0.2) is 28.4 Å². The number of pyridine rings is 1. The van der Waals surface area contributed by atoms with Crippen LogP contribution >= 0.6 is 0 Å². The first-order valence-electron chi connectivity index (χ1n) is 9.79. The normalized spacial score (nSPS) is 28.5. The van der Waals surface area contributed by atoms with Gasteiger partial charge in [0.2, 0.25) is 5.88 Å². The van der Waals surface area contributed by atoms with Crippen molar-refractivity contribution in [3.05, 3.63) is 21.5 Å². The summed E-state index contributed by atoms with van der Waals surface area (Å²) in [6, 6.07) is 2.09. The lowest BCUT2D eigenvalue weighted by atomic mass is 9.81. The van der Waals surface area contributed by atoms with Crippen LogP contribution in [0.4, 0.5) is 5.69 Å². The Kier molecular flexibility index (Phi) is 5.95. The van der Waals surface area contributed by atoms with Gasteiger partial charge in [-0.1, -0.05) is 13.8 Å². The number of azo groups is 1. The van der Waals surface area contributed by atoms with E-state index in [4.69, 9.17) is 4.74 Å². The summed E-state index contributed by atoms with van der Waals surface area (Å²) >= 11 is 0. The summed E-state index contributed by atoms with van der Waals surface area (Å²) in [5, 5.41) is 28.6. The average Bonchev–Trinajstić information content (AvgIpc) is 3.11. The maximum absolute atomic E-state index is 13.0. The molecule has 2 fully saturated rings. The van der Waals surface area contributed by atoms with Gasteiger partial charge in [0.25, 0.3) is 5.56 Å². The molecule has 1 N–H and O–H groups in total. The maximum atomic E-state index is 13.0. The highest BCUT2D eigenvalue weighted by atomic mass is 16.5. The van der Waals surface area contributed by atoms with Crippen molar-refractivity contribution >= 4 is 5.69 Å². The Morgan fingerprint density at radius 2 is 2.00 bits per heavy atom. The van der Waals surface area contributed by atoms with E-state index < -0.39 is 5.56 Å². The van der Waals surface area contributed by atoms with Crippen molar-refractivity contribution in [2.75, 3.05) is 6.61 Å². The molecule has 0 spiro atoms. The molecule has 3 rings (SSSR count). The summed E-state index contributed by atoms with van der Waals surface area (Å²) < 4.78 is 6.79. The third-order valence-electron chi connectivity index (χ3n) is 5.65. The molecule has 2 heterocycles. The topological polar surface area (TPSA) is 100.0 Å². The van der Waals surface area contributed by atoms with Gasteiger partial charge in [-0.15, -0.1) is 5.11 Å². The molecule has 27 heavy (non-hydrogen) atoms. The van der Waals surface area contributed by atoms with Crippen LogP contribution in [0.2, 0.25) is 0 Å². The van der Waals surface area contributed by atoms with Gasteiger partial charge >= 0.3 is 0 Å². The van der Waals surface area contributed by atoms with Gasteiger partial charge < -0.3 is 9.84 Å². The van der Waals surface area contributed by atoms with Crippen LogP contribution in [0, 0.1) is 30.1 Å². The molecule has 1 aromatic heterocycles. The second-order valence-electron chi connectivity index (χ2n) is 8.12. The monoisotopic (exact) mass is 372 g/mol. The summed E-state index contributed by atoms with van der Waals surface area (Å²) in [7, 11) is 0. The van der Waals surface area contributed by atoms with Crippen molar-refractivity contribution < 1.29 is 9.84 Å². The Morgan fingerprint density at radius 1 is 1.30 bits per heavy atom. The molecule has 0 radical (unpaired) electrons. The zero-order chi connectivity index (χ0) is 19.6. The molecule has 0 aromatic carbocycles. The van der Waals surface area contributed by atoms with Gasteiger partial charge in [0.05, 0.1) is 18.7 Å². The van der Waals surface area contributed by atoms with Crippen molar-refractivity contribution in [2.24, 2.45) is 22.1 Å². The number of rotatable bonds is 4. The van der Waals surface area contributed by atoms with Crippen molar-refractivity contribution in [3.8, 4) is 11.9 Å². The van der Waals surface area contributed by atoms with E-state index in [2.05, 4.69) is 24.1 Å². The molecule has 1 aliphatic carbocycles. The van der Waals surface area contributed by atoms with Gasteiger partial charge in [-0.3, -0.25) is 9.36 Å². The van der Waals surface area contributed by atoms with E-state index in [1.807, 2.05) is 6.07 Å². The molecule has 7 heteroatoms. The van der Waals surface area contributed by atoms with E-state index in [0.29, 0.717) is 24.0 Å². The number of aromatic hydroxyl groups is 1. The van der Waals surface area contributed by atoms with Crippen LogP contribution in [0.1, 0.15) is 57.1 Å². The zero-order valence-electron chi connectivity index (χ0n) is 16.3. The first kappa shape index (κ1) is 19.6. The molecule has 146 valence electrons. The third-order valence-corrected chi connectivity index (χ3v) is 5.65. The predicted octanol–water partition coefficient (Wildman–Crippen LogP) is 3.82. The highest BCUT2D eigenvalue weighted by Gasteiger charge is 2.26. The molecule has 2 aliphatic rings. The fourth-order valence-electron chi connectivity index (χ4n) is 4.36. The fraction of sp³-hybridized carbons (Fsp3) is 0.700. The maximum Gasteiger partial charge on any atom is 0.281 e. The van der Waals surface area contributed by atoms with E-state index in [-0.39, 0.29) is 35.8 Å². The predicted molar refractivity (Wildman–Crippen MR) is 101 cm³/mol.